The number of amides is 1. The number of carbonyl (C=O) groups excluding carboxylic acids is 1. The first-order chi connectivity index (χ1) is 12.2. The van der Waals surface area contributed by atoms with Crippen LogP contribution in [0, 0.1) is 0 Å². The molecule has 7 nitrogen and oxygen atoms in total. The SMILES string of the molecule is C=NCCC(=O)N1CCCC12CCCN(c1ncnc3[nH]ccc13)C2. The third kappa shape index (κ3) is 2.77. The molecule has 2 fully saturated rings. The van der Waals surface area contributed by atoms with Gasteiger partial charge in [-0.2, -0.15) is 0 Å². The first-order valence-corrected chi connectivity index (χ1v) is 8.99. The number of carbonyl (C=O) groups is 1. The topological polar surface area (TPSA) is 77.5 Å². The fourth-order valence-electron chi connectivity index (χ4n) is 4.47. The first kappa shape index (κ1) is 16.1. The van der Waals surface area contributed by atoms with E-state index in [1.165, 1.54) is 0 Å². The summed E-state index contributed by atoms with van der Waals surface area (Å²) in [7, 11) is 0. The lowest BCUT2D eigenvalue weighted by Gasteiger charge is -2.46. The van der Waals surface area contributed by atoms with E-state index in [-0.39, 0.29) is 11.4 Å². The van der Waals surface area contributed by atoms with E-state index in [0.29, 0.717) is 13.0 Å². The Morgan fingerprint density at radius 1 is 1.32 bits per heavy atom. The summed E-state index contributed by atoms with van der Waals surface area (Å²) in [6.45, 7) is 6.66. The Bertz CT molecular complexity index is 787. The van der Waals surface area contributed by atoms with Crippen molar-refractivity contribution < 1.29 is 4.79 Å². The largest absolute Gasteiger partial charge is 0.354 e. The molecule has 25 heavy (non-hydrogen) atoms. The van der Waals surface area contributed by atoms with Gasteiger partial charge in [-0.25, -0.2) is 9.97 Å². The minimum atomic E-state index is -0.0654. The molecule has 4 heterocycles. The van der Waals surface area contributed by atoms with Gasteiger partial charge in [-0.05, 0) is 38.5 Å². The van der Waals surface area contributed by atoms with Crippen molar-refractivity contribution in [1.82, 2.24) is 19.9 Å². The van der Waals surface area contributed by atoms with Crippen LogP contribution >= 0.6 is 0 Å². The summed E-state index contributed by atoms with van der Waals surface area (Å²) in [5.74, 6) is 1.18. The van der Waals surface area contributed by atoms with Crippen LogP contribution in [0.5, 0.6) is 0 Å². The van der Waals surface area contributed by atoms with Gasteiger partial charge in [0.15, 0.2) is 0 Å². The van der Waals surface area contributed by atoms with E-state index in [9.17, 15) is 4.79 Å². The Morgan fingerprint density at radius 3 is 3.00 bits per heavy atom. The predicted octanol–water partition coefficient (Wildman–Crippen LogP) is 2.01. The molecule has 1 amide bonds. The molecule has 2 aromatic heterocycles. The van der Waals surface area contributed by atoms with Crippen molar-refractivity contribution in [3.8, 4) is 0 Å². The smallest absolute Gasteiger partial charge is 0.224 e. The van der Waals surface area contributed by atoms with E-state index >= 15 is 0 Å². The van der Waals surface area contributed by atoms with Gasteiger partial charge < -0.3 is 19.8 Å². The number of aliphatic imine (C=N–C) groups is 1. The molecule has 0 bridgehead atoms. The van der Waals surface area contributed by atoms with Crippen LogP contribution in [0.3, 0.4) is 0 Å². The van der Waals surface area contributed by atoms with Gasteiger partial charge in [0.1, 0.15) is 17.8 Å². The molecular weight excluding hydrogens is 316 g/mol. The number of hydrogen-bond acceptors (Lipinski definition) is 5. The summed E-state index contributed by atoms with van der Waals surface area (Å²) in [6, 6.07) is 2.03. The first-order valence-electron chi connectivity index (χ1n) is 8.99. The number of nitrogens with zero attached hydrogens (tertiary/aromatic N) is 5. The Balaban J connectivity index is 1.60. The maximum Gasteiger partial charge on any atom is 0.224 e. The lowest BCUT2D eigenvalue weighted by Crippen LogP contribution is -2.57. The summed E-state index contributed by atoms with van der Waals surface area (Å²) >= 11 is 0. The number of H-pyrrole nitrogens is 1. The summed E-state index contributed by atoms with van der Waals surface area (Å²) in [5.41, 5.74) is 0.797. The summed E-state index contributed by atoms with van der Waals surface area (Å²) in [5, 5.41) is 1.05. The van der Waals surface area contributed by atoms with E-state index in [1.807, 2.05) is 12.3 Å². The number of fused-ring (bicyclic) bond motifs is 1. The van der Waals surface area contributed by atoms with Gasteiger partial charge in [0.25, 0.3) is 0 Å². The van der Waals surface area contributed by atoms with Crippen LogP contribution in [0.15, 0.2) is 23.6 Å². The second-order valence-electron chi connectivity index (χ2n) is 7.03. The molecule has 132 valence electrons. The standard InChI is InChI=1S/C18H24N6O/c1-19-8-5-15(25)24-11-3-7-18(24)6-2-10-23(12-18)17-14-4-9-20-16(14)21-13-22-17/h4,9,13H,1-3,5-8,10-12H2,(H,20,21,22). The zero-order valence-electron chi connectivity index (χ0n) is 14.4. The summed E-state index contributed by atoms with van der Waals surface area (Å²) in [4.78, 5) is 33.0. The van der Waals surface area contributed by atoms with Gasteiger partial charge in [-0.1, -0.05) is 0 Å². The van der Waals surface area contributed by atoms with Crippen molar-refractivity contribution in [3.63, 3.8) is 0 Å². The highest BCUT2D eigenvalue weighted by Crippen LogP contribution is 2.39. The third-order valence-corrected chi connectivity index (χ3v) is 5.57. The molecule has 1 N–H and O–H groups in total. The number of anilines is 1. The van der Waals surface area contributed by atoms with E-state index in [2.05, 4.69) is 36.5 Å². The molecule has 0 aromatic carbocycles. The van der Waals surface area contributed by atoms with Crippen molar-refractivity contribution >= 4 is 29.5 Å². The Hall–Kier alpha value is -2.44. The summed E-state index contributed by atoms with van der Waals surface area (Å²) < 4.78 is 0. The fourth-order valence-corrected chi connectivity index (χ4v) is 4.47. The molecule has 0 radical (unpaired) electrons. The van der Waals surface area contributed by atoms with Crippen LogP contribution in [0.2, 0.25) is 0 Å². The third-order valence-electron chi connectivity index (χ3n) is 5.57. The minimum absolute atomic E-state index is 0.0654. The molecule has 2 aromatic rings. The Kier molecular flexibility index (Phi) is 4.15. The number of likely N-dealkylation sites (tertiary alicyclic amines) is 1. The van der Waals surface area contributed by atoms with E-state index in [1.54, 1.807) is 6.33 Å². The number of hydrogen-bond donors (Lipinski definition) is 1. The molecule has 2 aliphatic heterocycles. The number of aromatic nitrogens is 3. The van der Waals surface area contributed by atoms with Crippen LogP contribution in [0.4, 0.5) is 5.82 Å². The summed E-state index contributed by atoms with van der Waals surface area (Å²) in [6.07, 6.45) is 8.25. The van der Waals surface area contributed by atoms with Gasteiger partial charge in [-0.15, -0.1) is 0 Å². The van der Waals surface area contributed by atoms with Crippen LogP contribution in [0.1, 0.15) is 32.1 Å². The molecule has 0 saturated carbocycles. The fraction of sp³-hybridized carbons (Fsp3) is 0.556. The van der Waals surface area contributed by atoms with Crippen LogP contribution in [-0.2, 0) is 4.79 Å². The van der Waals surface area contributed by atoms with Gasteiger partial charge in [0, 0.05) is 38.8 Å². The zero-order valence-corrected chi connectivity index (χ0v) is 14.4. The second-order valence-corrected chi connectivity index (χ2v) is 7.03. The van der Waals surface area contributed by atoms with Crippen molar-refractivity contribution in [2.75, 3.05) is 31.1 Å². The average molecular weight is 340 g/mol. The van der Waals surface area contributed by atoms with Crippen LogP contribution in [-0.4, -0.2) is 64.2 Å². The van der Waals surface area contributed by atoms with E-state index in [4.69, 9.17) is 0 Å². The van der Waals surface area contributed by atoms with Crippen LogP contribution in [0.25, 0.3) is 11.0 Å². The lowest BCUT2D eigenvalue weighted by atomic mass is 9.86. The number of aromatic amines is 1. The molecular formula is C18H24N6O. The molecule has 2 saturated heterocycles. The highest BCUT2D eigenvalue weighted by atomic mass is 16.2. The van der Waals surface area contributed by atoms with Gasteiger partial charge in [0.2, 0.25) is 5.91 Å². The maximum atomic E-state index is 12.7. The van der Waals surface area contributed by atoms with Gasteiger partial charge >= 0.3 is 0 Å². The van der Waals surface area contributed by atoms with E-state index < -0.39 is 0 Å². The van der Waals surface area contributed by atoms with Gasteiger partial charge in [0.05, 0.1) is 10.9 Å². The normalized spacial score (nSPS) is 23.5. The van der Waals surface area contributed by atoms with Crippen molar-refractivity contribution in [2.24, 2.45) is 4.99 Å². The lowest BCUT2D eigenvalue weighted by molar-refractivity contribution is -0.135. The molecule has 2 aliphatic rings. The highest BCUT2D eigenvalue weighted by Gasteiger charge is 2.46. The molecule has 1 atom stereocenters. The number of rotatable bonds is 4. The Labute approximate surface area is 147 Å². The number of nitrogens with one attached hydrogen (secondary N) is 1. The Morgan fingerprint density at radius 2 is 2.16 bits per heavy atom. The molecule has 4 rings (SSSR count). The molecule has 1 unspecified atom stereocenters. The predicted molar refractivity (Wildman–Crippen MR) is 98.0 cm³/mol. The van der Waals surface area contributed by atoms with Crippen LogP contribution < -0.4 is 4.90 Å². The zero-order chi connectivity index (χ0) is 17.3. The highest BCUT2D eigenvalue weighted by molar-refractivity contribution is 5.87. The van der Waals surface area contributed by atoms with Crippen molar-refractivity contribution in [1.29, 1.82) is 0 Å². The minimum Gasteiger partial charge on any atom is -0.354 e. The quantitative estimate of drug-likeness (QED) is 0.864. The average Bonchev–Trinajstić information content (AvgIpc) is 3.26. The molecule has 7 heteroatoms. The second kappa shape index (κ2) is 6.46. The van der Waals surface area contributed by atoms with Gasteiger partial charge in [-0.3, -0.25) is 4.79 Å². The van der Waals surface area contributed by atoms with Crippen molar-refractivity contribution in [2.45, 2.75) is 37.6 Å². The van der Waals surface area contributed by atoms with Crippen molar-refractivity contribution in [3.05, 3.63) is 18.6 Å². The van der Waals surface area contributed by atoms with E-state index in [0.717, 1.165) is 62.2 Å². The molecule has 0 aliphatic carbocycles. The molecule has 1 spiro atoms. The number of piperidine rings is 1. The monoisotopic (exact) mass is 340 g/mol. The maximum absolute atomic E-state index is 12.7.